The number of ether oxygens (including phenoxy) is 1. The molecule has 0 saturated heterocycles. The molecule has 470 valence electrons. The van der Waals surface area contributed by atoms with E-state index in [1.54, 1.807) is 0 Å². The summed E-state index contributed by atoms with van der Waals surface area (Å²) in [5.74, 6) is 1.71. The molecule has 16 rings (SSSR count). The maximum absolute atomic E-state index is 7.46. The van der Waals surface area contributed by atoms with Crippen molar-refractivity contribution in [2.24, 2.45) is 0 Å². The number of nitrogens with zero attached hydrogens (tertiary/aromatic N) is 5. The van der Waals surface area contributed by atoms with Crippen LogP contribution < -0.4 is 62.0 Å². The van der Waals surface area contributed by atoms with E-state index in [1.807, 2.05) is 0 Å². The lowest BCUT2D eigenvalue weighted by molar-refractivity contribution is 0.487. The third-order valence-electron chi connectivity index (χ3n) is 20.1. The van der Waals surface area contributed by atoms with Crippen LogP contribution in [0.1, 0.15) is 105 Å². The molecule has 96 heavy (non-hydrogen) atoms. The van der Waals surface area contributed by atoms with Gasteiger partial charge < -0.3 is 29.2 Å². The number of fused-ring (bicyclic) bond motifs is 8. The molecular formula is C88H81B2N5O. The van der Waals surface area contributed by atoms with Gasteiger partial charge in [-0.25, -0.2) is 0 Å². The van der Waals surface area contributed by atoms with Gasteiger partial charge in [0.15, 0.2) is 0 Å². The van der Waals surface area contributed by atoms with Gasteiger partial charge in [0.25, 0.3) is 13.4 Å². The molecule has 12 aromatic rings. The quantitative estimate of drug-likeness (QED) is 0.134. The highest BCUT2D eigenvalue weighted by Gasteiger charge is 2.49. The molecule has 0 fully saturated rings. The van der Waals surface area contributed by atoms with Gasteiger partial charge in [-0.3, -0.25) is 0 Å². The zero-order valence-corrected chi connectivity index (χ0v) is 57.3. The molecular weight excluding hydrogens is 1160 g/mol. The highest BCUT2D eigenvalue weighted by atomic mass is 16.5. The predicted molar refractivity (Wildman–Crippen MR) is 410 cm³/mol. The van der Waals surface area contributed by atoms with Crippen LogP contribution in [0, 0.1) is 0 Å². The predicted octanol–water partition coefficient (Wildman–Crippen LogP) is 20.3. The van der Waals surface area contributed by atoms with E-state index < -0.39 is 0 Å². The van der Waals surface area contributed by atoms with Crippen LogP contribution in [0.25, 0.3) is 0 Å². The van der Waals surface area contributed by atoms with Crippen molar-refractivity contribution in [2.45, 2.75) is 105 Å². The molecule has 0 unspecified atom stereocenters. The fraction of sp³-hybridized carbons (Fsp3) is 0.182. The van der Waals surface area contributed by atoms with E-state index in [4.69, 9.17) is 4.74 Å². The Morgan fingerprint density at radius 2 is 0.583 bits per heavy atom. The van der Waals surface area contributed by atoms with Gasteiger partial charge in [0.2, 0.25) is 0 Å². The maximum Gasteiger partial charge on any atom is 0.256 e. The Bertz CT molecular complexity index is 4900. The van der Waals surface area contributed by atoms with Crippen molar-refractivity contribution in [3.8, 4) is 11.5 Å². The van der Waals surface area contributed by atoms with Crippen molar-refractivity contribution in [1.82, 2.24) is 0 Å². The molecule has 6 nitrogen and oxygen atoms in total. The van der Waals surface area contributed by atoms with Crippen LogP contribution in [0.5, 0.6) is 11.5 Å². The van der Waals surface area contributed by atoms with Gasteiger partial charge in [-0.05, 0) is 174 Å². The summed E-state index contributed by atoms with van der Waals surface area (Å²) in [6.07, 6.45) is 0. The highest BCUT2D eigenvalue weighted by Crippen LogP contribution is 2.54. The summed E-state index contributed by atoms with van der Waals surface area (Å²) < 4.78 is 7.46. The summed E-state index contributed by atoms with van der Waals surface area (Å²) in [5.41, 5.74) is 28.2. The molecule has 0 N–H and O–H groups in total. The van der Waals surface area contributed by atoms with E-state index in [-0.39, 0.29) is 35.1 Å². The molecule has 4 aliphatic heterocycles. The van der Waals surface area contributed by atoms with E-state index >= 15 is 0 Å². The maximum atomic E-state index is 7.46. The number of para-hydroxylation sites is 9. The minimum atomic E-state index is -0.196. The third-order valence-corrected chi connectivity index (χ3v) is 20.1. The first-order chi connectivity index (χ1) is 46.2. The second kappa shape index (κ2) is 22.6. The zero-order chi connectivity index (χ0) is 66.2. The lowest BCUT2D eigenvalue weighted by atomic mass is 9.30. The SMILES string of the molecule is CC(C)(C)c1ccccc1N(c1cc2c3c(c1)N(c1ccccc1)c1cc4c(cc1B3c1ccccc1O2)B1c2ccccc2N(c2ccccc2)c2cc(N(c3ccccc3C(C)(C)C)c3ccccc3C(C)(C)C)cc(c21)N4c1ccccc1)c1ccccc1C(C)(C)C. The Morgan fingerprint density at radius 1 is 0.260 bits per heavy atom. The number of hydrogen-bond acceptors (Lipinski definition) is 6. The normalized spacial score (nSPS) is 13.6. The second-order valence-corrected chi connectivity index (χ2v) is 30.6. The molecule has 0 atom stereocenters. The first kappa shape index (κ1) is 60.5. The first-order valence-corrected chi connectivity index (χ1v) is 34.2. The van der Waals surface area contributed by atoms with Crippen molar-refractivity contribution in [3.63, 3.8) is 0 Å². The van der Waals surface area contributed by atoms with Gasteiger partial charge in [0, 0.05) is 80.0 Å². The van der Waals surface area contributed by atoms with Gasteiger partial charge in [-0.1, -0.05) is 253 Å². The summed E-state index contributed by atoms with van der Waals surface area (Å²) in [6.45, 7) is 27.6. The van der Waals surface area contributed by atoms with Crippen molar-refractivity contribution < 1.29 is 4.74 Å². The van der Waals surface area contributed by atoms with Crippen molar-refractivity contribution in [3.05, 3.63) is 295 Å². The Hall–Kier alpha value is -10.4. The van der Waals surface area contributed by atoms with Crippen LogP contribution in [0.15, 0.2) is 273 Å². The van der Waals surface area contributed by atoms with Crippen LogP contribution in [0.2, 0.25) is 0 Å². The molecule has 0 radical (unpaired) electrons. The zero-order valence-electron chi connectivity index (χ0n) is 57.3. The number of anilines is 15. The van der Waals surface area contributed by atoms with Gasteiger partial charge in [-0.2, -0.15) is 0 Å². The lowest BCUT2D eigenvalue weighted by Gasteiger charge is -2.47. The van der Waals surface area contributed by atoms with E-state index in [1.165, 1.54) is 44.1 Å². The summed E-state index contributed by atoms with van der Waals surface area (Å²) >= 11 is 0. The molecule has 0 aromatic heterocycles. The summed E-state index contributed by atoms with van der Waals surface area (Å²) in [6, 6.07) is 102. The number of rotatable bonds is 9. The summed E-state index contributed by atoms with van der Waals surface area (Å²) in [7, 11) is 0. The lowest BCUT2D eigenvalue weighted by Crippen LogP contribution is -2.64. The monoisotopic (exact) mass is 1250 g/mol. The van der Waals surface area contributed by atoms with Crippen molar-refractivity contribution in [2.75, 3.05) is 24.5 Å². The fourth-order valence-electron chi connectivity index (χ4n) is 16.0. The standard InChI is InChI=1S/C88H81B2N5O/c1-85(2,3)63-40-22-28-46-71(63)94(72-47-29-23-41-64(72)86(4,5)6)61-52-78-83-79(53-61)92(59-36-18-14-19-37-59)76-57-77-70(56-69(76)89(83)67-44-26-32-50-75(67)91(78)58-34-16-13-17-35-58)90-68-45-27-33-51-81(68)96-82-55-62(54-80(84(82)90)93(77)60-38-20-15-21-39-60)95(73-48-30-24-42-65(73)87(7,8)9)74-49-31-25-43-66(74)88(10,11)12/h13-57H,1-12H3. The topological polar surface area (TPSA) is 25.4 Å². The third kappa shape index (κ3) is 9.93. The molecule has 12 aromatic carbocycles. The van der Waals surface area contributed by atoms with Gasteiger partial charge in [0.05, 0.1) is 11.4 Å². The van der Waals surface area contributed by atoms with Crippen LogP contribution >= 0.6 is 0 Å². The Morgan fingerprint density at radius 3 is 1.00 bits per heavy atom. The summed E-state index contributed by atoms with van der Waals surface area (Å²) in [5, 5.41) is 0. The Labute approximate surface area is 568 Å². The van der Waals surface area contributed by atoms with Crippen LogP contribution in [0.4, 0.5) is 85.3 Å². The second-order valence-electron chi connectivity index (χ2n) is 30.6. The molecule has 0 amide bonds. The average Bonchev–Trinajstić information content (AvgIpc) is 0.687. The Balaban J connectivity index is 1.03. The fourth-order valence-corrected chi connectivity index (χ4v) is 16.0. The number of benzene rings is 12. The van der Waals surface area contributed by atoms with Crippen LogP contribution in [-0.4, -0.2) is 13.4 Å². The van der Waals surface area contributed by atoms with Crippen molar-refractivity contribution in [1.29, 1.82) is 0 Å². The first-order valence-electron chi connectivity index (χ1n) is 34.2. The summed E-state index contributed by atoms with van der Waals surface area (Å²) in [4.78, 5) is 12.8. The molecule has 8 heteroatoms. The van der Waals surface area contributed by atoms with E-state index in [2.05, 4.69) is 381 Å². The average molecular weight is 1250 g/mol. The minimum absolute atomic E-state index is 0.180. The van der Waals surface area contributed by atoms with Crippen molar-refractivity contribution >= 4 is 132 Å². The largest absolute Gasteiger partial charge is 0.458 e. The number of hydrogen-bond donors (Lipinski definition) is 0. The molecule has 0 saturated carbocycles. The van der Waals surface area contributed by atoms with E-state index in [0.29, 0.717) is 0 Å². The van der Waals surface area contributed by atoms with Gasteiger partial charge in [0.1, 0.15) is 11.5 Å². The molecule has 0 aliphatic carbocycles. The highest BCUT2D eigenvalue weighted by molar-refractivity contribution is 7.02. The smallest absolute Gasteiger partial charge is 0.256 e. The van der Waals surface area contributed by atoms with Crippen LogP contribution in [0.3, 0.4) is 0 Å². The van der Waals surface area contributed by atoms with E-state index in [9.17, 15) is 0 Å². The molecule has 4 heterocycles. The molecule has 0 bridgehead atoms. The van der Waals surface area contributed by atoms with Gasteiger partial charge in [-0.15, -0.1) is 0 Å². The van der Waals surface area contributed by atoms with E-state index in [0.717, 1.165) is 108 Å². The Kier molecular flexibility index (Phi) is 14.3. The minimum Gasteiger partial charge on any atom is -0.458 e. The molecule has 4 aliphatic rings. The molecule has 0 spiro atoms. The van der Waals surface area contributed by atoms with Crippen LogP contribution in [-0.2, 0) is 21.7 Å². The van der Waals surface area contributed by atoms with Gasteiger partial charge >= 0.3 is 0 Å².